The number of nitrogens with zero attached hydrogens (tertiary/aromatic N) is 1. The predicted octanol–water partition coefficient (Wildman–Crippen LogP) is 5.05. The summed E-state index contributed by atoms with van der Waals surface area (Å²) in [5.41, 5.74) is 8.38. The summed E-state index contributed by atoms with van der Waals surface area (Å²) in [7, 11) is 0. The number of carbonyl (C=O) groups is 1. The van der Waals surface area contributed by atoms with Crippen LogP contribution in [0.25, 0.3) is 16.6 Å². The molecule has 0 atom stereocenters. The molecular weight excluding hydrogens is 298 g/mol. The lowest BCUT2D eigenvalue weighted by atomic mass is 9.93. The summed E-state index contributed by atoms with van der Waals surface area (Å²) in [6.45, 7) is 10.9. The highest BCUT2D eigenvalue weighted by Gasteiger charge is 2.18. The fraction of sp³-hybridized carbons (Fsp3) is 0.286. The molecule has 0 aliphatic rings. The summed E-state index contributed by atoms with van der Waals surface area (Å²) in [5.74, 6) is 0.950. The number of hydrogen-bond donors (Lipinski definition) is 0. The van der Waals surface area contributed by atoms with Crippen LogP contribution in [0, 0.1) is 27.7 Å². The Labute approximate surface area is 142 Å². The number of rotatable bonds is 4. The number of benzene rings is 1. The summed E-state index contributed by atoms with van der Waals surface area (Å²) in [5, 5.41) is 0. The molecule has 0 spiro atoms. The highest BCUT2D eigenvalue weighted by Crippen LogP contribution is 2.37. The second kappa shape index (κ2) is 6.16. The van der Waals surface area contributed by atoms with Gasteiger partial charge in [0.15, 0.2) is 6.29 Å². The third kappa shape index (κ3) is 2.41. The first kappa shape index (κ1) is 16.3. The number of aryl methyl sites for hydroxylation is 2. The standard InChI is InChI=1S/C21H23NO2/c1-6-24-21-14(3)10-17(15(4)16(21)5)18-11-19-13(2)8-7-9-22(19)20(18)12-23/h7-12H,6H2,1-5H3. The van der Waals surface area contributed by atoms with Crippen LogP contribution in [-0.4, -0.2) is 17.3 Å². The first-order chi connectivity index (χ1) is 11.5. The zero-order chi connectivity index (χ0) is 17.4. The van der Waals surface area contributed by atoms with Crippen LogP contribution in [0.2, 0.25) is 0 Å². The van der Waals surface area contributed by atoms with E-state index in [-0.39, 0.29) is 0 Å². The second-order valence-electron chi connectivity index (χ2n) is 6.26. The van der Waals surface area contributed by atoms with Gasteiger partial charge in [-0.25, -0.2) is 0 Å². The van der Waals surface area contributed by atoms with Crippen molar-refractivity contribution in [3.8, 4) is 16.9 Å². The van der Waals surface area contributed by atoms with E-state index in [2.05, 4.69) is 45.9 Å². The minimum absolute atomic E-state index is 0.648. The van der Waals surface area contributed by atoms with Gasteiger partial charge in [0.2, 0.25) is 0 Å². The first-order valence-electron chi connectivity index (χ1n) is 8.29. The minimum atomic E-state index is 0.648. The molecule has 24 heavy (non-hydrogen) atoms. The Morgan fingerprint density at radius 1 is 1.04 bits per heavy atom. The molecule has 0 aliphatic heterocycles. The van der Waals surface area contributed by atoms with Gasteiger partial charge in [0.05, 0.1) is 12.3 Å². The molecule has 0 bridgehead atoms. The molecule has 2 heterocycles. The number of fused-ring (bicyclic) bond motifs is 1. The van der Waals surface area contributed by atoms with Gasteiger partial charge in [-0.3, -0.25) is 4.79 Å². The Morgan fingerprint density at radius 3 is 2.46 bits per heavy atom. The smallest absolute Gasteiger partial charge is 0.167 e. The van der Waals surface area contributed by atoms with E-state index in [1.807, 2.05) is 23.6 Å². The van der Waals surface area contributed by atoms with Crippen molar-refractivity contribution in [3.63, 3.8) is 0 Å². The third-order valence-electron chi connectivity index (χ3n) is 4.78. The molecule has 0 N–H and O–H groups in total. The maximum Gasteiger partial charge on any atom is 0.167 e. The molecule has 0 fully saturated rings. The van der Waals surface area contributed by atoms with Crippen molar-refractivity contribution in [3.05, 3.63) is 58.4 Å². The topological polar surface area (TPSA) is 30.7 Å². The van der Waals surface area contributed by atoms with E-state index in [4.69, 9.17) is 4.74 Å². The monoisotopic (exact) mass is 321 g/mol. The van der Waals surface area contributed by atoms with Crippen LogP contribution in [0.5, 0.6) is 5.75 Å². The van der Waals surface area contributed by atoms with E-state index in [1.165, 1.54) is 0 Å². The fourth-order valence-corrected chi connectivity index (χ4v) is 3.40. The molecule has 0 saturated carbocycles. The summed E-state index contributed by atoms with van der Waals surface area (Å²) in [6, 6.07) is 8.28. The van der Waals surface area contributed by atoms with Crippen molar-refractivity contribution in [2.45, 2.75) is 34.6 Å². The molecule has 3 heteroatoms. The average Bonchev–Trinajstić information content (AvgIpc) is 2.94. The van der Waals surface area contributed by atoms with Crippen LogP contribution in [0.4, 0.5) is 0 Å². The van der Waals surface area contributed by atoms with Crippen molar-refractivity contribution in [1.82, 2.24) is 4.40 Å². The maximum absolute atomic E-state index is 11.8. The predicted molar refractivity (Wildman–Crippen MR) is 98.3 cm³/mol. The van der Waals surface area contributed by atoms with Crippen molar-refractivity contribution < 1.29 is 9.53 Å². The Hall–Kier alpha value is -2.55. The molecule has 3 nitrogen and oxygen atoms in total. The van der Waals surface area contributed by atoms with Gasteiger partial charge in [-0.05, 0) is 80.6 Å². The van der Waals surface area contributed by atoms with E-state index in [0.717, 1.165) is 50.9 Å². The van der Waals surface area contributed by atoms with E-state index >= 15 is 0 Å². The fourth-order valence-electron chi connectivity index (χ4n) is 3.40. The molecule has 124 valence electrons. The molecule has 0 amide bonds. The van der Waals surface area contributed by atoms with E-state index in [1.54, 1.807) is 0 Å². The molecular formula is C21H23NO2. The highest BCUT2D eigenvalue weighted by atomic mass is 16.5. The van der Waals surface area contributed by atoms with Crippen LogP contribution in [0.15, 0.2) is 30.5 Å². The lowest BCUT2D eigenvalue weighted by Crippen LogP contribution is -2.01. The Kier molecular flexibility index (Phi) is 4.18. The summed E-state index contributed by atoms with van der Waals surface area (Å²) >= 11 is 0. The van der Waals surface area contributed by atoms with Gasteiger partial charge >= 0.3 is 0 Å². The second-order valence-corrected chi connectivity index (χ2v) is 6.26. The van der Waals surface area contributed by atoms with Crippen molar-refractivity contribution in [1.29, 1.82) is 0 Å². The molecule has 3 rings (SSSR count). The molecule has 0 aliphatic carbocycles. The van der Waals surface area contributed by atoms with Gasteiger partial charge in [-0.1, -0.05) is 6.07 Å². The molecule has 0 saturated heterocycles. The van der Waals surface area contributed by atoms with Crippen molar-refractivity contribution in [2.24, 2.45) is 0 Å². The Morgan fingerprint density at radius 2 is 1.79 bits per heavy atom. The Bertz CT molecular complexity index is 935. The molecule has 3 aromatic rings. The molecule has 0 radical (unpaired) electrons. The van der Waals surface area contributed by atoms with Crippen LogP contribution < -0.4 is 4.74 Å². The normalized spacial score (nSPS) is 11.0. The Balaban J connectivity index is 2.32. The zero-order valence-electron chi connectivity index (χ0n) is 14.9. The summed E-state index contributed by atoms with van der Waals surface area (Å²) < 4.78 is 7.77. The molecule has 0 unspecified atom stereocenters. The number of aldehydes is 1. The van der Waals surface area contributed by atoms with Gasteiger partial charge in [0.25, 0.3) is 0 Å². The van der Waals surface area contributed by atoms with E-state index in [9.17, 15) is 4.79 Å². The van der Waals surface area contributed by atoms with Crippen molar-refractivity contribution >= 4 is 11.8 Å². The first-order valence-corrected chi connectivity index (χ1v) is 8.29. The van der Waals surface area contributed by atoms with Gasteiger partial charge in [-0.15, -0.1) is 0 Å². The van der Waals surface area contributed by atoms with Gasteiger partial charge < -0.3 is 9.14 Å². The number of ether oxygens (including phenoxy) is 1. The molecule has 1 aromatic carbocycles. The van der Waals surface area contributed by atoms with Gasteiger partial charge in [0.1, 0.15) is 5.75 Å². The summed E-state index contributed by atoms with van der Waals surface area (Å²) in [6.07, 6.45) is 2.89. The van der Waals surface area contributed by atoms with Crippen LogP contribution in [0.3, 0.4) is 0 Å². The number of carbonyl (C=O) groups excluding carboxylic acids is 1. The largest absolute Gasteiger partial charge is 0.493 e. The number of pyridine rings is 1. The van der Waals surface area contributed by atoms with Gasteiger partial charge in [0, 0.05) is 17.3 Å². The quantitative estimate of drug-likeness (QED) is 0.629. The van der Waals surface area contributed by atoms with Crippen LogP contribution in [-0.2, 0) is 0 Å². The number of aromatic nitrogens is 1. The lowest BCUT2D eigenvalue weighted by Gasteiger charge is -2.16. The van der Waals surface area contributed by atoms with Gasteiger partial charge in [-0.2, -0.15) is 0 Å². The maximum atomic E-state index is 11.8. The summed E-state index contributed by atoms with van der Waals surface area (Å²) in [4.78, 5) is 11.8. The zero-order valence-corrected chi connectivity index (χ0v) is 14.9. The van der Waals surface area contributed by atoms with Crippen LogP contribution >= 0.6 is 0 Å². The van der Waals surface area contributed by atoms with Crippen LogP contribution in [0.1, 0.15) is 39.7 Å². The highest BCUT2D eigenvalue weighted by molar-refractivity contribution is 5.92. The van der Waals surface area contributed by atoms with E-state index < -0.39 is 0 Å². The van der Waals surface area contributed by atoms with E-state index in [0.29, 0.717) is 12.3 Å². The SMILES string of the molecule is CCOc1c(C)cc(-c2cc3c(C)cccn3c2C=O)c(C)c1C. The lowest BCUT2D eigenvalue weighted by molar-refractivity contribution is 0.111. The minimum Gasteiger partial charge on any atom is -0.493 e. The van der Waals surface area contributed by atoms with Crippen molar-refractivity contribution in [2.75, 3.05) is 6.61 Å². The third-order valence-corrected chi connectivity index (χ3v) is 4.78. The average molecular weight is 321 g/mol. The molecule has 2 aromatic heterocycles. The number of hydrogen-bond acceptors (Lipinski definition) is 2.